The van der Waals surface area contributed by atoms with Gasteiger partial charge in [-0.05, 0) is 63.5 Å². The van der Waals surface area contributed by atoms with Crippen LogP contribution in [0, 0.1) is 0 Å². The van der Waals surface area contributed by atoms with Crippen LogP contribution in [0.2, 0.25) is 0 Å². The Labute approximate surface area is 157 Å². The minimum absolute atomic E-state index is 0.0499. The van der Waals surface area contributed by atoms with Crippen LogP contribution in [0.1, 0.15) is 53.3 Å². The molecule has 0 spiro atoms. The standard InChI is InChI=1S/C17H26BrN3O4/c1-16(2,3)24-13(22)7-6-8-19-11-14(23)25-17(4,5)15-20-9-12(18)10-21-15/h9-10,19H,6-8,11H2,1-5H3. The fourth-order valence-corrected chi connectivity index (χ4v) is 2.13. The molecule has 0 saturated heterocycles. The van der Waals surface area contributed by atoms with E-state index in [1.54, 1.807) is 26.2 Å². The number of carbonyl (C=O) groups is 2. The smallest absolute Gasteiger partial charge is 0.320 e. The van der Waals surface area contributed by atoms with Crippen LogP contribution < -0.4 is 5.32 Å². The van der Waals surface area contributed by atoms with Crippen molar-refractivity contribution >= 4 is 27.9 Å². The molecule has 0 radical (unpaired) electrons. The number of aromatic nitrogens is 2. The van der Waals surface area contributed by atoms with E-state index in [0.717, 1.165) is 4.47 Å². The summed E-state index contributed by atoms with van der Waals surface area (Å²) < 4.78 is 11.4. The lowest BCUT2D eigenvalue weighted by Gasteiger charge is -2.23. The first-order valence-electron chi connectivity index (χ1n) is 8.12. The van der Waals surface area contributed by atoms with E-state index in [1.807, 2.05) is 20.8 Å². The zero-order chi connectivity index (χ0) is 19.1. The minimum Gasteiger partial charge on any atom is -0.460 e. The van der Waals surface area contributed by atoms with Crippen molar-refractivity contribution in [2.45, 2.75) is 58.7 Å². The molecule has 8 heteroatoms. The van der Waals surface area contributed by atoms with Crippen molar-refractivity contribution in [3.05, 3.63) is 22.7 Å². The van der Waals surface area contributed by atoms with Crippen molar-refractivity contribution in [3.63, 3.8) is 0 Å². The summed E-state index contributed by atoms with van der Waals surface area (Å²) in [6, 6.07) is 0. The maximum Gasteiger partial charge on any atom is 0.320 e. The Hall–Kier alpha value is -1.54. The fraction of sp³-hybridized carbons (Fsp3) is 0.647. The monoisotopic (exact) mass is 415 g/mol. The summed E-state index contributed by atoms with van der Waals surface area (Å²) in [6.45, 7) is 9.52. The third-order valence-electron chi connectivity index (χ3n) is 2.95. The predicted octanol–water partition coefficient (Wildman–Crippen LogP) is 2.73. The number of esters is 2. The molecule has 1 aromatic heterocycles. The van der Waals surface area contributed by atoms with E-state index in [-0.39, 0.29) is 12.5 Å². The highest BCUT2D eigenvalue weighted by Crippen LogP contribution is 2.21. The van der Waals surface area contributed by atoms with Crippen molar-refractivity contribution in [1.82, 2.24) is 15.3 Å². The minimum atomic E-state index is -0.921. The maximum absolute atomic E-state index is 11.9. The summed E-state index contributed by atoms with van der Waals surface area (Å²) in [5.74, 6) is -0.229. The summed E-state index contributed by atoms with van der Waals surface area (Å²) >= 11 is 3.26. The average molecular weight is 416 g/mol. The first-order valence-corrected chi connectivity index (χ1v) is 8.91. The van der Waals surface area contributed by atoms with Gasteiger partial charge in [-0.2, -0.15) is 0 Å². The first kappa shape index (κ1) is 21.5. The van der Waals surface area contributed by atoms with Crippen LogP contribution in [0.25, 0.3) is 0 Å². The normalized spacial score (nSPS) is 11.9. The molecular weight excluding hydrogens is 390 g/mol. The second kappa shape index (κ2) is 9.24. The number of hydrogen-bond donors (Lipinski definition) is 1. The van der Waals surface area contributed by atoms with E-state index in [0.29, 0.717) is 25.2 Å². The van der Waals surface area contributed by atoms with Crippen LogP contribution in [-0.4, -0.2) is 40.6 Å². The molecule has 0 bridgehead atoms. The van der Waals surface area contributed by atoms with Gasteiger partial charge in [-0.25, -0.2) is 9.97 Å². The lowest BCUT2D eigenvalue weighted by molar-refractivity contribution is -0.157. The van der Waals surface area contributed by atoms with Gasteiger partial charge in [0.25, 0.3) is 0 Å². The Morgan fingerprint density at radius 3 is 2.24 bits per heavy atom. The summed E-state index contributed by atoms with van der Waals surface area (Å²) in [4.78, 5) is 31.8. The molecule has 25 heavy (non-hydrogen) atoms. The number of nitrogens with one attached hydrogen (secondary N) is 1. The third kappa shape index (κ3) is 8.92. The number of nitrogens with zero attached hydrogens (tertiary/aromatic N) is 2. The topological polar surface area (TPSA) is 90.4 Å². The molecule has 0 saturated carbocycles. The van der Waals surface area contributed by atoms with E-state index in [1.165, 1.54) is 0 Å². The number of halogens is 1. The highest BCUT2D eigenvalue weighted by molar-refractivity contribution is 9.10. The zero-order valence-electron chi connectivity index (χ0n) is 15.4. The Bertz CT molecular complexity index is 583. The van der Waals surface area contributed by atoms with E-state index in [4.69, 9.17) is 9.47 Å². The van der Waals surface area contributed by atoms with Gasteiger partial charge in [0.2, 0.25) is 0 Å². The molecule has 0 atom stereocenters. The lowest BCUT2D eigenvalue weighted by atomic mass is 10.1. The Morgan fingerprint density at radius 2 is 1.68 bits per heavy atom. The van der Waals surface area contributed by atoms with Crippen molar-refractivity contribution in [1.29, 1.82) is 0 Å². The molecule has 0 aliphatic heterocycles. The summed E-state index contributed by atoms with van der Waals surface area (Å²) in [5.41, 5.74) is -1.40. The first-order chi connectivity index (χ1) is 11.5. The maximum atomic E-state index is 11.9. The molecule has 0 amide bonds. The number of rotatable bonds is 8. The van der Waals surface area contributed by atoms with E-state index in [9.17, 15) is 9.59 Å². The summed E-state index contributed by atoms with van der Waals surface area (Å²) in [5, 5.41) is 2.96. The van der Waals surface area contributed by atoms with Gasteiger partial charge in [0, 0.05) is 18.8 Å². The highest BCUT2D eigenvalue weighted by atomic mass is 79.9. The number of hydrogen-bond acceptors (Lipinski definition) is 7. The molecule has 0 unspecified atom stereocenters. The molecule has 0 aliphatic carbocycles. The van der Waals surface area contributed by atoms with Crippen LogP contribution >= 0.6 is 15.9 Å². The molecule has 140 valence electrons. The average Bonchev–Trinajstić information content (AvgIpc) is 2.44. The van der Waals surface area contributed by atoms with Crippen LogP contribution in [-0.2, 0) is 24.7 Å². The van der Waals surface area contributed by atoms with Gasteiger partial charge in [-0.3, -0.25) is 9.59 Å². The van der Waals surface area contributed by atoms with Crippen LogP contribution in [0.15, 0.2) is 16.9 Å². The van der Waals surface area contributed by atoms with E-state index in [2.05, 4.69) is 31.2 Å². The van der Waals surface area contributed by atoms with Crippen molar-refractivity contribution < 1.29 is 19.1 Å². The van der Waals surface area contributed by atoms with Crippen molar-refractivity contribution in [2.24, 2.45) is 0 Å². The Balaban J connectivity index is 2.28. The highest BCUT2D eigenvalue weighted by Gasteiger charge is 2.28. The molecule has 0 aliphatic rings. The summed E-state index contributed by atoms with van der Waals surface area (Å²) in [6.07, 6.45) is 4.10. The van der Waals surface area contributed by atoms with Crippen LogP contribution in [0.4, 0.5) is 0 Å². The molecular formula is C17H26BrN3O4. The van der Waals surface area contributed by atoms with Gasteiger partial charge < -0.3 is 14.8 Å². The lowest BCUT2D eigenvalue weighted by Crippen LogP contribution is -2.33. The quantitative estimate of drug-likeness (QED) is 0.515. The molecule has 1 rings (SSSR count). The van der Waals surface area contributed by atoms with Gasteiger partial charge in [0.1, 0.15) is 5.60 Å². The largest absolute Gasteiger partial charge is 0.460 e. The molecule has 7 nitrogen and oxygen atoms in total. The van der Waals surface area contributed by atoms with Crippen molar-refractivity contribution in [3.8, 4) is 0 Å². The van der Waals surface area contributed by atoms with E-state index < -0.39 is 17.2 Å². The molecule has 1 aromatic rings. The fourth-order valence-electron chi connectivity index (χ4n) is 1.93. The number of ether oxygens (including phenoxy) is 2. The third-order valence-corrected chi connectivity index (χ3v) is 3.36. The zero-order valence-corrected chi connectivity index (χ0v) is 17.0. The summed E-state index contributed by atoms with van der Waals surface area (Å²) in [7, 11) is 0. The van der Waals surface area contributed by atoms with E-state index >= 15 is 0 Å². The van der Waals surface area contributed by atoms with Gasteiger partial charge in [-0.1, -0.05) is 0 Å². The molecule has 1 N–H and O–H groups in total. The van der Waals surface area contributed by atoms with Crippen molar-refractivity contribution in [2.75, 3.05) is 13.1 Å². The number of carbonyl (C=O) groups excluding carboxylic acids is 2. The van der Waals surface area contributed by atoms with Crippen LogP contribution in [0.5, 0.6) is 0 Å². The van der Waals surface area contributed by atoms with Gasteiger partial charge in [0.05, 0.1) is 11.0 Å². The van der Waals surface area contributed by atoms with Crippen LogP contribution in [0.3, 0.4) is 0 Å². The second-order valence-corrected chi connectivity index (χ2v) is 7.99. The molecule has 0 fully saturated rings. The van der Waals surface area contributed by atoms with Gasteiger partial charge in [-0.15, -0.1) is 0 Å². The van der Waals surface area contributed by atoms with Gasteiger partial charge in [0.15, 0.2) is 11.4 Å². The van der Waals surface area contributed by atoms with Gasteiger partial charge >= 0.3 is 11.9 Å². The Morgan fingerprint density at radius 1 is 1.08 bits per heavy atom. The second-order valence-electron chi connectivity index (χ2n) is 7.08. The Kier molecular flexibility index (Phi) is 7.95. The molecule has 0 aromatic carbocycles. The molecule has 1 heterocycles. The SMILES string of the molecule is CC(C)(C)OC(=O)CCCNCC(=O)OC(C)(C)c1ncc(Br)cn1. The predicted molar refractivity (Wildman–Crippen MR) is 96.8 cm³/mol.